The maximum absolute atomic E-state index is 12.4. The summed E-state index contributed by atoms with van der Waals surface area (Å²) in [6.45, 7) is 5.36. The molecule has 2 aromatic carbocycles. The smallest absolute Gasteiger partial charge is 0.268 e. The summed E-state index contributed by atoms with van der Waals surface area (Å²) >= 11 is 8.03. The van der Waals surface area contributed by atoms with Crippen LogP contribution in [-0.4, -0.2) is 56.2 Å². The first kappa shape index (κ1) is 30.0. The summed E-state index contributed by atoms with van der Waals surface area (Å²) in [6.07, 6.45) is 6.71. The van der Waals surface area contributed by atoms with Gasteiger partial charge in [0.15, 0.2) is 0 Å². The van der Waals surface area contributed by atoms with Crippen molar-refractivity contribution in [1.29, 1.82) is 0 Å². The number of unbranched alkanes of at least 4 members (excludes halogenated alkanes) is 1. The van der Waals surface area contributed by atoms with Gasteiger partial charge in [-0.05, 0) is 66.3 Å². The fraction of sp³-hybridized carbons (Fsp3) is 0.438. The van der Waals surface area contributed by atoms with E-state index in [0.29, 0.717) is 45.8 Å². The lowest BCUT2D eigenvalue weighted by molar-refractivity contribution is -0.125. The molecule has 1 saturated carbocycles. The number of hydrogen-bond donors (Lipinski definition) is 1. The van der Waals surface area contributed by atoms with Crippen LogP contribution in [0.5, 0.6) is 0 Å². The molecule has 0 aromatic heterocycles. The van der Waals surface area contributed by atoms with Crippen molar-refractivity contribution in [2.24, 2.45) is 5.92 Å². The second-order valence-corrected chi connectivity index (χ2v) is 13.4. The predicted octanol–water partition coefficient (Wildman–Crippen LogP) is 6.43. The van der Waals surface area contributed by atoms with Gasteiger partial charge in [0.25, 0.3) is 5.91 Å². The van der Waals surface area contributed by atoms with Crippen LogP contribution in [0, 0.1) is 5.92 Å². The third-order valence-corrected chi connectivity index (χ3v) is 11.1. The minimum atomic E-state index is -0.0425. The second-order valence-electron chi connectivity index (χ2n) is 10.8. The zero-order valence-corrected chi connectivity index (χ0v) is 26.0. The quantitative estimate of drug-likeness (QED) is 0.220. The van der Waals surface area contributed by atoms with Gasteiger partial charge in [0.1, 0.15) is 15.5 Å². The number of thioether (sulfide) groups is 2. The van der Waals surface area contributed by atoms with Crippen molar-refractivity contribution in [3.63, 3.8) is 0 Å². The Morgan fingerprint density at radius 1 is 1.05 bits per heavy atom. The third-order valence-electron chi connectivity index (χ3n) is 8.47. The highest BCUT2D eigenvalue weighted by Crippen LogP contribution is 2.57. The fourth-order valence-corrected chi connectivity index (χ4v) is 9.08. The van der Waals surface area contributed by atoms with Gasteiger partial charge in [0.05, 0.1) is 17.4 Å². The summed E-state index contributed by atoms with van der Waals surface area (Å²) in [7, 11) is 0. The molecule has 0 bridgehead atoms. The molecule has 41 heavy (non-hydrogen) atoms. The minimum absolute atomic E-state index is 0.0425. The zero-order valence-electron chi connectivity index (χ0n) is 23.5. The molecule has 1 N–H and O–H groups in total. The van der Waals surface area contributed by atoms with Crippen LogP contribution in [0.3, 0.4) is 0 Å². The number of aldehydes is 1. The van der Waals surface area contributed by atoms with Crippen molar-refractivity contribution < 1.29 is 19.5 Å². The van der Waals surface area contributed by atoms with Crippen molar-refractivity contribution in [2.75, 3.05) is 18.8 Å². The number of thiocarbonyl (C=S) groups is 1. The molecule has 2 heterocycles. The molecule has 4 aliphatic rings. The number of amides is 2. The van der Waals surface area contributed by atoms with Gasteiger partial charge in [-0.15, -0.1) is 0 Å². The van der Waals surface area contributed by atoms with Crippen LogP contribution in [0.25, 0.3) is 0 Å². The predicted molar refractivity (Wildman–Crippen MR) is 170 cm³/mol. The van der Waals surface area contributed by atoms with Gasteiger partial charge in [0.2, 0.25) is 5.91 Å². The topological polar surface area (TPSA) is 77.9 Å². The number of nitrogens with zero attached hydrogens (tertiary/aromatic N) is 2. The molecule has 3 atom stereocenters. The molecule has 2 aliphatic carbocycles. The number of benzene rings is 2. The Balaban J connectivity index is 0.000000167. The molecule has 6 rings (SSSR count). The highest BCUT2D eigenvalue weighted by atomic mass is 32.2. The van der Waals surface area contributed by atoms with E-state index in [1.807, 2.05) is 25.1 Å². The summed E-state index contributed by atoms with van der Waals surface area (Å²) in [6, 6.07) is 14.6. The molecule has 9 heteroatoms. The van der Waals surface area contributed by atoms with E-state index in [9.17, 15) is 19.5 Å². The number of carbonyl (C=O) groups excluding carboxylic acids is 3. The average Bonchev–Trinajstić information content (AvgIpc) is 3.75. The van der Waals surface area contributed by atoms with E-state index in [-0.39, 0.29) is 18.4 Å². The van der Waals surface area contributed by atoms with E-state index in [1.165, 1.54) is 59.5 Å². The maximum Gasteiger partial charge on any atom is 0.268 e. The molecular formula is C32H36N2O4S3. The molecule has 0 spiro atoms. The standard InChI is InChI=1S/C20H20O2.C12H16N2O2S3/c21-11-13-4-7-15(8-5-13)20-17-3-1-2-16(17)19-10-14(12-22)6-9-18(19)20;1-3-5-6-14-10(16)9(19-12(14)17)11-13(4-2)8(15)7-18-11/h4-10,12,16-17,20-21H,1-3,11H2;3-7H2,1-2H3/b;11-9+. The first-order chi connectivity index (χ1) is 19.9. The fourth-order valence-electron chi connectivity index (χ4n) is 6.48. The Morgan fingerprint density at radius 3 is 2.51 bits per heavy atom. The molecule has 2 aromatic rings. The van der Waals surface area contributed by atoms with Crippen LogP contribution in [0.1, 0.15) is 90.4 Å². The van der Waals surface area contributed by atoms with Gasteiger partial charge >= 0.3 is 0 Å². The Bertz CT molecular complexity index is 1370. The van der Waals surface area contributed by atoms with Crippen LogP contribution < -0.4 is 0 Å². The largest absolute Gasteiger partial charge is 0.392 e. The Hall–Kier alpha value is -2.46. The molecule has 216 valence electrons. The number of carbonyl (C=O) groups is 3. The van der Waals surface area contributed by atoms with E-state index in [1.54, 1.807) is 9.80 Å². The van der Waals surface area contributed by atoms with Crippen LogP contribution >= 0.6 is 35.7 Å². The van der Waals surface area contributed by atoms with Crippen molar-refractivity contribution in [3.05, 3.63) is 80.2 Å². The van der Waals surface area contributed by atoms with Crippen molar-refractivity contribution in [3.8, 4) is 0 Å². The molecule has 3 unspecified atom stereocenters. The van der Waals surface area contributed by atoms with Crippen LogP contribution in [-0.2, 0) is 16.2 Å². The monoisotopic (exact) mass is 608 g/mol. The van der Waals surface area contributed by atoms with E-state index in [2.05, 4.69) is 31.2 Å². The maximum atomic E-state index is 12.4. The third kappa shape index (κ3) is 5.91. The average molecular weight is 609 g/mol. The van der Waals surface area contributed by atoms with Crippen molar-refractivity contribution >= 4 is 58.2 Å². The van der Waals surface area contributed by atoms with Gasteiger partial charge < -0.3 is 10.0 Å². The van der Waals surface area contributed by atoms with Gasteiger partial charge in [-0.1, -0.05) is 91.9 Å². The van der Waals surface area contributed by atoms with Crippen LogP contribution in [0.2, 0.25) is 0 Å². The molecule has 2 amide bonds. The summed E-state index contributed by atoms with van der Waals surface area (Å²) in [5, 5.41) is 10.0. The lowest BCUT2D eigenvalue weighted by atomic mass is 9.83. The Labute approximate surface area is 255 Å². The summed E-state index contributed by atoms with van der Waals surface area (Å²) in [4.78, 5) is 39.2. The molecule has 0 radical (unpaired) electrons. The van der Waals surface area contributed by atoms with Crippen molar-refractivity contribution in [1.82, 2.24) is 9.80 Å². The van der Waals surface area contributed by atoms with E-state index >= 15 is 0 Å². The van der Waals surface area contributed by atoms with Gasteiger partial charge in [-0.2, -0.15) is 0 Å². The molecule has 2 saturated heterocycles. The SMILES string of the molecule is CCCCN1C(=O)/C(=C2\SCC(=O)N2CC)SC1=S.O=Cc1ccc2c(c1)C1CCCC1C2c1ccc(CO)cc1. The molecular weight excluding hydrogens is 573 g/mol. The highest BCUT2D eigenvalue weighted by Gasteiger charge is 2.44. The van der Waals surface area contributed by atoms with E-state index in [0.717, 1.165) is 35.3 Å². The lowest BCUT2D eigenvalue weighted by Crippen LogP contribution is -2.30. The Morgan fingerprint density at radius 2 is 1.83 bits per heavy atom. The van der Waals surface area contributed by atoms with Gasteiger partial charge in [-0.3, -0.25) is 19.3 Å². The highest BCUT2D eigenvalue weighted by molar-refractivity contribution is 8.27. The number of aliphatic hydroxyl groups excluding tert-OH is 1. The number of aliphatic hydroxyl groups is 1. The molecule has 6 nitrogen and oxygen atoms in total. The van der Waals surface area contributed by atoms with Crippen LogP contribution in [0.15, 0.2) is 52.4 Å². The molecule has 3 fully saturated rings. The zero-order chi connectivity index (χ0) is 29.1. The Kier molecular flexibility index (Phi) is 9.69. The second kappa shape index (κ2) is 13.2. The van der Waals surface area contributed by atoms with E-state index in [4.69, 9.17) is 12.2 Å². The molecule has 2 aliphatic heterocycles. The normalized spacial score (nSPS) is 25.0. The van der Waals surface area contributed by atoms with Gasteiger partial charge in [-0.25, -0.2) is 0 Å². The van der Waals surface area contributed by atoms with Gasteiger partial charge in [0, 0.05) is 24.6 Å². The first-order valence-corrected chi connectivity index (χ1v) is 16.6. The number of hydrogen-bond acceptors (Lipinski definition) is 7. The van der Waals surface area contributed by atoms with Crippen molar-refractivity contribution in [2.45, 2.75) is 64.4 Å². The summed E-state index contributed by atoms with van der Waals surface area (Å²) in [5.41, 5.74) is 5.88. The lowest BCUT2D eigenvalue weighted by Gasteiger charge is -2.20. The van der Waals surface area contributed by atoms with E-state index < -0.39 is 0 Å². The number of fused-ring (bicyclic) bond motifs is 3. The summed E-state index contributed by atoms with van der Waals surface area (Å²) in [5.74, 6) is 2.16. The first-order valence-electron chi connectivity index (χ1n) is 14.4. The van der Waals surface area contributed by atoms with Crippen LogP contribution in [0.4, 0.5) is 0 Å². The minimum Gasteiger partial charge on any atom is -0.392 e. The summed E-state index contributed by atoms with van der Waals surface area (Å²) < 4.78 is 0.608. The number of rotatable bonds is 7.